The molecule has 0 aliphatic carbocycles. The topological polar surface area (TPSA) is 52.7 Å². The monoisotopic (exact) mass is 283 g/mol. The maximum atomic E-state index is 12.8. The predicted octanol–water partition coefficient (Wildman–Crippen LogP) is 1.13. The molecule has 3 fully saturated rings. The van der Waals surface area contributed by atoms with Gasteiger partial charge in [-0.3, -0.25) is 9.59 Å². The van der Waals surface area contributed by atoms with Gasteiger partial charge in [0.2, 0.25) is 11.8 Å². The lowest BCUT2D eigenvalue weighted by Gasteiger charge is -2.41. The lowest BCUT2D eigenvalue weighted by atomic mass is 9.96. The molecule has 2 amide bonds. The first kappa shape index (κ1) is 11.6. The van der Waals surface area contributed by atoms with Crippen molar-refractivity contribution < 1.29 is 9.59 Å². The van der Waals surface area contributed by atoms with E-state index >= 15 is 0 Å². The number of carbonyl (C=O) groups excluding carboxylic acids is 2. The number of piperazine rings is 1. The van der Waals surface area contributed by atoms with Gasteiger partial charge in [0, 0.05) is 18.2 Å². The van der Waals surface area contributed by atoms with Crippen LogP contribution in [0.2, 0.25) is 0 Å². The first-order valence-corrected chi connectivity index (χ1v) is 7.74. The second kappa shape index (κ2) is 3.78. The highest BCUT2D eigenvalue weighted by molar-refractivity contribution is 5.99. The van der Waals surface area contributed by atoms with Gasteiger partial charge in [-0.15, -0.1) is 0 Å². The van der Waals surface area contributed by atoms with E-state index in [2.05, 4.69) is 17.4 Å². The maximum Gasteiger partial charge on any atom is 0.247 e. The molecule has 0 aromatic heterocycles. The zero-order valence-electron chi connectivity index (χ0n) is 11.7. The van der Waals surface area contributed by atoms with Crippen LogP contribution in [0.3, 0.4) is 0 Å². The number of hydrogen-bond donors (Lipinski definition) is 1. The van der Waals surface area contributed by atoms with E-state index in [1.165, 1.54) is 5.56 Å². The SMILES string of the molecule is O=C1C2CC3c4ccccc4NC3N2C(=O)C2CCCN12. The van der Waals surface area contributed by atoms with Crippen molar-refractivity contribution in [3.63, 3.8) is 0 Å². The normalized spacial score (nSPS) is 36.2. The number of benzene rings is 1. The fourth-order valence-electron chi connectivity index (χ4n) is 4.61. The highest BCUT2D eigenvalue weighted by Gasteiger charge is 2.57. The molecule has 0 bridgehead atoms. The van der Waals surface area contributed by atoms with Crippen LogP contribution in [0, 0.1) is 0 Å². The number of anilines is 1. The van der Waals surface area contributed by atoms with E-state index in [-0.39, 0.29) is 36.0 Å². The molecule has 0 spiro atoms. The van der Waals surface area contributed by atoms with Crippen molar-refractivity contribution in [3.05, 3.63) is 29.8 Å². The maximum absolute atomic E-state index is 12.8. The molecule has 21 heavy (non-hydrogen) atoms. The van der Waals surface area contributed by atoms with E-state index in [9.17, 15) is 9.59 Å². The minimum absolute atomic E-state index is 0.0356. The lowest BCUT2D eigenvalue weighted by molar-refractivity contribution is -0.158. The van der Waals surface area contributed by atoms with Gasteiger partial charge >= 0.3 is 0 Å². The molecule has 4 atom stereocenters. The Hall–Kier alpha value is -2.04. The van der Waals surface area contributed by atoms with Crippen LogP contribution in [-0.2, 0) is 9.59 Å². The molecule has 1 aromatic rings. The van der Waals surface area contributed by atoms with Crippen molar-refractivity contribution in [1.29, 1.82) is 0 Å². The summed E-state index contributed by atoms with van der Waals surface area (Å²) < 4.78 is 0. The van der Waals surface area contributed by atoms with Gasteiger partial charge in [-0.25, -0.2) is 0 Å². The fraction of sp³-hybridized carbons (Fsp3) is 0.500. The molecule has 3 saturated heterocycles. The van der Waals surface area contributed by atoms with Crippen LogP contribution in [0.25, 0.3) is 0 Å². The Labute approximate surface area is 122 Å². The summed E-state index contributed by atoms with van der Waals surface area (Å²) in [5.41, 5.74) is 2.36. The number of nitrogens with one attached hydrogen (secondary N) is 1. The van der Waals surface area contributed by atoms with Gasteiger partial charge in [0.25, 0.3) is 0 Å². The van der Waals surface area contributed by atoms with Crippen LogP contribution in [0.1, 0.15) is 30.7 Å². The summed E-state index contributed by atoms with van der Waals surface area (Å²) in [6.45, 7) is 0.749. The summed E-state index contributed by atoms with van der Waals surface area (Å²) in [7, 11) is 0. The number of amides is 2. The molecule has 1 aromatic carbocycles. The Morgan fingerprint density at radius 3 is 2.86 bits per heavy atom. The van der Waals surface area contributed by atoms with Crippen molar-refractivity contribution in [2.75, 3.05) is 11.9 Å². The van der Waals surface area contributed by atoms with E-state index in [0.717, 1.165) is 31.5 Å². The average Bonchev–Trinajstić information content (AvgIpc) is 3.17. The van der Waals surface area contributed by atoms with Crippen LogP contribution in [-0.4, -0.2) is 46.4 Å². The van der Waals surface area contributed by atoms with Gasteiger partial charge < -0.3 is 15.1 Å². The highest BCUT2D eigenvalue weighted by atomic mass is 16.2. The Kier molecular flexibility index (Phi) is 2.09. The largest absolute Gasteiger partial charge is 0.364 e. The van der Waals surface area contributed by atoms with E-state index < -0.39 is 0 Å². The third-order valence-corrected chi connectivity index (χ3v) is 5.52. The summed E-state index contributed by atoms with van der Waals surface area (Å²) in [4.78, 5) is 29.2. The molecule has 5 rings (SSSR count). The number of rotatable bonds is 0. The third kappa shape index (κ3) is 1.32. The summed E-state index contributed by atoms with van der Waals surface area (Å²) in [5.74, 6) is 0.551. The zero-order valence-corrected chi connectivity index (χ0v) is 11.7. The molecule has 108 valence electrons. The number of nitrogens with zero attached hydrogens (tertiary/aromatic N) is 2. The highest BCUT2D eigenvalue weighted by Crippen LogP contribution is 2.48. The molecule has 4 heterocycles. The van der Waals surface area contributed by atoms with Crippen molar-refractivity contribution >= 4 is 17.5 Å². The van der Waals surface area contributed by atoms with Crippen LogP contribution in [0.4, 0.5) is 5.69 Å². The van der Waals surface area contributed by atoms with Crippen LogP contribution in [0.15, 0.2) is 24.3 Å². The number of para-hydroxylation sites is 1. The molecule has 5 heteroatoms. The Morgan fingerprint density at radius 1 is 1.10 bits per heavy atom. The van der Waals surface area contributed by atoms with Gasteiger partial charge in [0.05, 0.1) is 0 Å². The number of carbonyl (C=O) groups is 2. The van der Waals surface area contributed by atoms with Crippen LogP contribution in [0.5, 0.6) is 0 Å². The van der Waals surface area contributed by atoms with Crippen molar-refractivity contribution in [2.45, 2.75) is 43.4 Å². The van der Waals surface area contributed by atoms with E-state index in [0.29, 0.717) is 0 Å². The van der Waals surface area contributed by atoms with Gasteiger partial charge in [0.15, 0.2) is 0 Å². The second-order valence-corrected chi connectivity index (χ2v) is 6.47. The lowest BCUT2D eigenvalue weighted by Crippen LogP contribution is -2.63. The summed E-state index contributed by atoms with van der Waals surface area (Å²) in [6, 6.07) is 7.73. The molecule has 0 radical (unpaired) electrons. The molecule has 4 aliphatic heterocycles. The molecule has 0 saturated carbocycles. The molecule has 1 N–H and O–H groups in total. The first-order valence-electron chi connectivity index (χ1n) is 7.74. The minimum atomic E-state index is -0.261. The van der Waals surface area contributed by atoms with Crippen molar-refractivity contribution in [2.24, 2.45) is 0 Å². The number of hydrogen-bond acceptors (Lipinski definition) is 3. The molecule has 4 unspecified atom stereocenters. The summed E-state index contributed by atoms with van der Waals surface area (Å²) in [6.07, 6.45) is 2.48. The van der Waals surface area contributed by atoms with Crippen LogP contribution >= 0.6 is 0 Å². The second-order valence-electron chi connectivity index (χ2n) is 6.47. The molecular weight excluding hydrogens is 266 g/mol. The van der Waals surface area contributed by atoms with Gasteiger partial charge in [-0.1, -0.05) is 18.2 Å². The van der Waals surface area contributed by atoms with Gasteiger partial charge in [-0.05, 0) is 30.9 Å². The first-order chi connectivity index (χ1) is 10.3. The van der Waals surface area contributed by atoms with Crippen molar-refractivity contribution in [1.82, 2.24) is 9.80 Å². The minimum Gasteiger partial charge on any atom is -0.364 e. The molecule has 4 aliphatic rings. The summed E-state index contributed by atoms with van der Waals surface area (Å²) >= 11 is 0. The standard InChI is InChI=1S/C16H17N3O2/c20-15-13-8-10-9-4-1-2-5-11(9)17-14(10)19(13)16(21)12-6-3-7-18(12)15/h1-2,4-5,10,12-14,17H,3,6-8H2. The predicted molar refractivity (Wildman–Crippen MR) is 76.6 cm³/mol. The molecular formula is C16H17N3O2. The quantitative estimate of drug-likeness (QED) is 0.776. The van der Waals surface area contributed by atoms with E-state index in [1.807, 2.05) is 21.9 Å². The Balaban J connectivity index is 1.57. The van der Waals surface area contributed by atoms with Crippen LogP contribution < -0.4 is 5.32 Å². The van der Waals surface area contributed by atoms with Gasteiger partial charge in [0.1, 0.15) is 18.2 Å². The third-order valence-electron chi connectivity index (χ3n) is 5.52. The van der Waals surface area contributed by atoms with E-state index in [4.69, 9.17) is 0 Å². The Morgan fingerprint density at radius 2 is 1.95 bits per heavy atom. The summed E-state index contributed by atoms with van der Waals surface area (Å²) in [5, 5.41) is 3.46. The smallest absolute Gasteiger partial charge is 0.247 e. The Bertz CT molecular complexity index is 659. The van der Waals surface area contributed by atoms with E-state index in [1.54, 1.807) is 0 Å². The number of fused-ring (bicyclic) bond motifs is 6. The zero-order chi connectivity index (χ0) is 14.1. The van der Waals surface area contributed by atoms with Crippen molar-refractivity contribution in [3.8, 4) is 0 Å². The fourth-order valence-corrected chi connectivity index (χ4v) is 4.61. The average molecular weight is 283 g/mol. The molecule has 5 nitrogen and oxygen atoms in total. The van der Waals surface area contributed by atoms with Gasteiger partial charge in [-0.2, -0.15) is 0 Å².